The van der Waals surface area contributed by atoms with Gasteiger partial charge in [-0.05, 0) is 19.1 Å². The number of aromatic nitrogens is 1. The fourth-order valence-electron chi connectivity index (χ4n) is 1.27. The van der Waals surface area contributed by atoms with Crippen molar-refractivity contribution in [2.45, 2.75) is 19.4 Å². The molecule has 5 N–H and O–H groups in total. The Morgan fingerprint density at radius 3 is 2.88 bits per heavy atom. The maximum atomic E-state index is 10.7. The molecule has 0 spiro atoms. The highest BCUT2D eigenvalue weighted by Gasteiger charge is 2.07. The van der Waals surface area contributed by atoms with Crippen LogP contribution in [0.5, 0.6) is 0 Å². The largest absolute Gasteiger partial charge is 0.389 e. The zero-order valence-corrected chi connectivity index (χ0v) is 9.75. The summed E-state index contributed by atoms with van der Waals surface area (Å²) < 4.78 is 0. The van der Waals surface area contributed by atoms with Crippen LogP contribution in [0.1, 0.15) is 18.9 Å². The molecule has 0 aliphatic rings. The highest BCUT2D eigenvalue weighted by molar-refractivity contribution is 7.80. The summed E-state index contributed by atoms with van der Waals surface area (Å²) >= 11 is 4.85. The summed E-state index contributed by atoms with van der Waals surface area (Å²) in [7, 11) is 0. The summed E-state index contributed by atoms with van der Waals surface area (Å²) in [4.78, 5) is 15.1. The predicted octanol–water partition coefficient (Wildman–Crippen LogP) is 0.392. The second-order valence-corrected chi connectivity index (χ2v) is 3.95. The van der Waals surface area contributed by atoms with Crippen molar-refractivity contribution in [1.29, 1.82) is 0 Å². The van der Waals surface area contributed by atoms with E-state index in [9.17, 15) is 4.79 Å². The number of pyridine rings is 1. The molecular formula is C10H14N4OS. The van der Waals surface area contributed by atoms with Crippen molar-refractivity contribution in [2.75, 3.05) is 5.32 Å². The zero-order chi connectivity index (χ0) is 12.1. The lowest BCUT2D eigenvalue weighted by Gasteiger charge is -2.12. The standard InChI is InChI=1S/C10H14N4OS/c1-6(4-8(11)15)14-9-5-7(10(12)16)2-3-13-9/h2-3,5-6H,4H2,1H3,(H2,11,15)(H2,12,16)(H,13,14). The van der Waals surface area contributed by atoms with Crippen LogP contribution in [0.4, 0.5) is 5.82 Å². The summed E-state index contributed by atoms with van der Waals surface area (Å²) in [5, 5.41) is 3.04. The first-order valence-electron chi connectivity index (χ1n) is 4.79. The van der Waals surface area contributed by atoms with Gasteiger partial charge in [0.05, 0.1) is 0 Å². The molecule has 1 heterocycles. The Morgan fingerprint density at radius 1 is 1.62 bits per heavy atom. The molecule has 1 aromatic rings. The SMILES string of the molecule is CC(CC(N)=O)Nc1cc(C(N)=S)ccn1. The van der Waals surface area contributed by atoms with E-state index >= 15 is 0 Å². The zero-order valence-electron chi connectivity index (χ0n) is 8.93. The maximum absolute atomic E-state index is 10.7. The number of primary amides is 1. The molecule has 0 aromatic carbocycles. The second-order valence-electron chi connectivity index (χ2n) is 3.51. The average molecular weight is 238 g/mol. The Bertz CT molecular complexity index is 408. The van der Waals surface area contributed by atoms with E-state index in [1.807, 2.05) is 6.92 Å². The maximum Gasteiger partial charge on any atom is 0.219 e. The summed E-state index contributed by atoms with van der Waals surface area (Å²) in [6.07, 6.45) is 1.85. The number of amides is 1. The van der Waals surface area contributed by atoms with Gasteiger partial charge in [-0.25, -0.2) is 4.98 Å². The van der Waals surface area contributed by atoms with E-state index in [-0.39, 0.29) is 18.4 Å². The molecule has 1 amide bonds. The quantitative estimate of drug-likeness (QED) is 0.645. The van der Waals surface area contributed by atoms with Crippen LogP contribution in [0, 0.1) is 0 Å². The molecule has 0 radical (unpaired) electrons. The van der Waals surface area contributed by atoms with Gasteiger partial charge >= 0.3 is 0 Å². The Kier molecular flexibility index (Phi) is 4.19. The van der Waals surface area contributed by atoms with Gasteiger partial charge in [0.2, 0.25) is 5.91 Å². The number of hydrogen-bond donors (Lipinski definition) is 3. The van der Waals surface area contributed by atoms with Crippen LogP contribution >= 0.6 is 12.2 Å². The topological polar surface area (TPSA) is 94.0 Å². The van der Waals surface area contributed by atoms with Crippen LogP contribution in [0.2, 0.25) is 0 Å². The van der Waals surface area contributed by atoms with Crippen molar-refractivity contribution in [2.24, 2.45) is 11.5 Å². The normalized spacial score (nSPS) is 11.8. The van der Waals surface area contributed by atoms with Crippen molar-refractivity contribution in [3.63, 3.8) is 0 Å². The van der Waals surface area contributed by atoms with E-state index < -0.39 is 0 Å². The molecule has 6 heteroatoms. The smallest absolute Gasteiger partial charge is 0.219 e. The number of carbonyl (C=O) groups excluding carboxylic acids is 1. The van der Waals surface area contributed by atoms with Gasteiger partial charge in [-0.15, -0.1) is 0 Å². The van der Waals surface area contributed by atoms with Crippen molar-refractivity contribution >= 4 is 28.9 Å². The molecule has 0 saturated carbocycles. The van der Waals surface area contributed by atoms with E-state index in [0.29, 0.717) is 10.8 Å². The Labute approximate surface area is 99.2 Å². The molecule has 0 aliphatic heterocycles. The molecule has 1 atom stereocenters. The molecule has 0 bridgehead atoms. The molecule has 1 unspecified atom stereocenters. The number of nitrogens with zero attached hydrogens (tertiary/aromatic N) is 1. The van der Waals surface area contributed by atoms with Crippen LogP contribution in [0.25, 0.3) is 0 Å². The van der Waals surface area contributed by atoms with Gasteiger partial charge in [-0.2, -0.15) is 0 Å². The highest BCUT2D eigenvalue weighted by atomic mass is 32.1. The number of carbonyl (C=O) groups is 1. The van der Waals surface area contributed by atoms with Crippen LogP contribution < -0.4 is 16.8 Å². The minimum absolute atomic E-state index is 0.0772. The van der Waals surface area contributed by atoms with Gasteiger partial charge < -0.3 is 16.8 Å². The molecule has 5 nitrogen and oxygen atoms in total. The first kappa shape index (κ1) is 12.4. The molecular weight excluding hydrogens is 224 g/mol. The average Bonchev–Trinajstić information content (AvgIpc) is 2.16. The van der Waals surface area contributed by atoms with E-state index in [4.69, 9.17) is 23.7 Å². The van der Waals surface area contributed by atoms with E-state index in [2.05, 4.69) is 10.3 Å². The predicted molar refractivity (Wildman–Crippen MR) is 67.0 cm³/mol. The summed E-state index contributed by atoms with van der Waals surface area (Å²) in [5.74, 6) is 0.268. The van der Waals surface area contributed by atoms with Gasteiger partial charge in [0.25, 0.3) is 0 Å². The van der Waals surface area contributed by atoms with Crippen molar-refractivity contribution in [3.8, 4) is 0 Å². The molecule has 1 rings (SSSR count). The third-order valence-corrected chi connectivity index (χ3v) is 2.18. The Hall–Kier alpha value is -1.69. The molecule has 0 saturated heterocycles. The van der Waals surface area contributed by atoms with Crippen LogP contribution in [-0.2, 0) is 4.79 Å². The number of nitrogens with one attached hydrogen (secondary N) is 1. The van der Waals surface area contributed by atoms with Gasteiger partial charge in [-0.3, -0.25) is 4.79 Å². The minimum Gasteiger partial charge on any atom is -0.389 e. The Morgan fingerprint density at radius 2 is 2.31 bits per heavy atom. The van der Waals surface area contributed by atoms with Crippen LogP contribution in [-0.4, -0.2) is 21.9 Å². The van der Waals surface area contributed by atoms with Crippen LogP contribution in [0.3, 0.4) is 0 Å². The van der Waals surface area contributed by atoms with E-state index in [1.54, 1.807) is 18.3 Å². The summed E-state index contributed by atoms with van der Waals surface area (Å²) in [6, 6.07) is 3.39. The highest BCUT2D eigenvalue weighted by Crippen LogP contribution is 2.09. The van der Waals surface area contributed by atoms with Gasteiger partial charge in [-0.1, -0.05) is 12.2 Å². The van der Waals surface area contributed by atoms with E-state index in [1.165, 1.54) is 0 Å². The fraction of sp³-hybridized carbons (Fsp3) is 0.300. The number of rotatable bonds is 5. The number of hydrogen-bond acceptors (Lipinski definition) is 4. The molecule has 1 aromatic heterocycles. The van der Waals surface area contributed by atoms with Gasteiger partial charge in [0.15, 0.2) is 0 Å². The molecule has 0 fully saturated rings. The third-order valence-electron chi connectivity index (χ3n) is 1.95. The summed E-state index contributed by atoms with van der Waals surface area (Å²) in [6.45, 7) is 1.85. The lowest BCUT2D eigenvalue weighted by molar-refractivity contribution is -0.118. The van der Waals surface area contributed by atoms with Crippen LogP contribution in [0.15, 0.2) is 18.3 Å². The third kappa shape index (κ3) is 3.82. The molecule has 86 valence electrons. The van der Waals surface area contributed by atoms with Crippen molar-refractivity contribution < 1.29 is 4.79 Å². The first-order valence-corrected chi connectivity index (χ1v) is 5.20. The lowest BCUT2D eigenvalue weighted by Crippen LogP contribution is -2.24. The minimum atomic E-state index is -0.356. The molecule has 0 aliphatic carbocycles. The van der Waals surface area contributed by atoms with Crippen molar-refractivity contribution in [3.05, 3.63) is 23.9 Å². The second kappa shape index (κ2) is 5.41. The van der Waals surface area contributed by atoms with Gasteiger partial charge in [0.1, 0.15) is 10.8 Å². The Balaban J connectivity index is 2.70. The fourth-order valence-corrected chi connectivity index (χ4v) is 1.39. The lowest BCUT2D eigenvalue weighted by atomic mass is 10.2. The number of anilines is 1. The number of thiocarbonyl (C=S) groups is 1. The summed E-state index contributed by atoms with van der Waals surface area (Å²) in [5.41, 5.74) is 11.3. The number of nitrogens with two attached hydrogens (primary N) is 2. The molecule has 16 heavy (non-hydrogen) atoms. The first-order chi connectivity index (χ1) is 7.49. The van der Waals surface area contributed by atoms with Crippen molar-refractivity contribution in [1.82, 2.24) is 4.98 Å². The van der Waals surface area contributed by atoms with Gasteiger partial charge in [0, 0.05) is 24.2 Å². The van der Waals surface area contributed by atoms with E-state index in [0.717, 1.165) is 5.56 Å². The monoisotopic (exact) mass is 238 g/mol.